The van der Waals surface area contributed by atoms with Crippen molar-refractivity contribution in [3.8, 4) is 0 Å². The Morgan fingerprint density at radius 2 is 1.64 bits per heavy atom. The van der Waals surface area contributed by atoms with Crippen LogP contribution in [0.1, 0.15) is 25.5 Å². The molecule has 116 valence electrons. The van der Waals surface area contributed by atoms with Crippen LogP contribution in [0.5, 0.6) is 0 Å². The van der Waals surface area contributed by atoms with Gasteiger partial charge in [-0.25, -0.2) is 8.78 Å². The highest BCUT2D eigenvalue weighted by molar-refractivity contribution is 5.91. The van der Waals surface area contributed by atoms with E-state index in [0.29, 0.717) is 0 Å². The van der Waals surface area contributed by atoms with Crippen molar-refractivity contribution in [3.05, 3.63) is 59.7 Å². The molecule has 0 spiro atoms. The van der Waals surface area contributed by atoms with Crippen LogP contribution >= 0.6 is 0 Å². The Kier molecular flexibility index (Phi) is 4.75. The van der Waals surface area contributed by atoms with E-state index < -0.39 is 17.7 Å². The number of nitrogens with zero attached hydrogens (tertiary/aromatic N) is 1. The number of rotatable bonds is 4. The number of anilines is 2. The van der Waals surface area contributed by atoms with Gasteiger partial charge in [0.25, 0.3) is 0 Å². The van der Waals surface area contributed by atoms with E-state index in [9.17, 15) is 13.6 Å². The first kappa shape index (κ1) is 15.9. The molecule has 1 N–H and O–H groups in total. The lowest BCUT2D eigenvalue weighted by Gasteiger charge is -2.19. The quantitative estimate of drug-likeness (QED) is 0.921. The summed E-state index contributed by atoms with van der Waals surface area (Å²) in [5, 5.41) is 3.05. The average Bonchev–Trinajstić information content (AvgIpc) is 2.47. The number of nitrogens with one attached hydrogen (secondary N) is 1. The third-order valence-corrected chi connectivity index (χ3v) is 3.54. The van der Waals surface area contributed by atoms with Crippen molar-refractivity contribution in [2.75, 3.05) is 17.3 Å². The highest BCUT2D eigenvalue weighted by Crippen LogP contribution is 2.25. The predicted octanol–water partition coefficient (Wildman–Crippen LogP) is 4.12. The van der Waals surface area contributed by atoms with Crippen molar-refractivity contribution in [2.24, 2.45) is 0 Å². The molecule has 0 aliphatic carbocycles. The minimum absolute atomic E-state index is 0.00688. The van der Waals surface area contributed by atoms with Gasteiger partial charge in [-0.1, -0.05) is 6.07 Å². The third-order valence-electron chi connectivity index (χ3n) is 3.54. The van der Waals surface area contributed by atoms with Crippen LogP contribution in [0.4, 0.5) is 20.2 Å². The van der Waals surface area contributed by atoms with Gasteiger partial charge in [0.1, 0.15) is 11.6 Å². The molecule has 0 aliphatic rings. The van der Waals surface area contributed by atoms with Crippen molar-refractivity contribution in [1.82, 2.24) is 0 Å². The van der Waals surface area contributed by atoms with Crippen molar-refractivity contribution in [3.63, 3.8) is 0 Å². The fraction of sp³-hybridized carbons (Fsp3) is 0.235. The highest BCUT2D eigenvalue weighted by Gasteiger charge is 2.15. The summed E-state index contributed by atoms with van der Waals surface area (Å²) in [6, 6.07) is 10.4. The largest absolute Gasteiger partial charge is 0.378 e. The molecule has 1 atom stereocenters. The summed E-state index contributed by atoms with van der Waals surface area (Å²) in [4.78, 5) is 12.8. The van der Waals surface area contributed by atoms with Crippen LogP contribution in [0.25, 0.3) is 0 Å². The summed E-state index contributed by atoms with van der Waals surface area (Å²) in [6.07, 6.45) is 0. The SMILES string of the molecule is CC(=O)N(C)c1ccc(NC(C)c2c(F)cccc2F)cc1. The molecule has 5 heteroatoms. The second-order valence-corrected chi connectivity index (χ2v) is 5.13. The maximum Gasteiger partial charge on any atom is 0.223 e. The molecule has 0 aromatic heterocycles. The lowest BCUT2D eigenvalue weighted by Crippen LogP contribution is -2.22. The van der Waals surface area contributed by atoms with Gasteiger partial charge in [-0.15, -0.1) is 0 Å². The second-order valence-electron chi connectivity index (χ2n) is 5.13. The van der Waals surface area contributed by atoms with Gasteiger partial charge in [0.15, 0.2) is 0 Å². The van der Waals surface area contributed by atoms with E-state index in [1.165, 1.54) is 30.0 Å². The predicted molar refractivity (Wildman–Crippen MR) is 83.9 cm³/mol. The maximum absolute atomic E-state index is 13.7. The zero-order valence-electron chi connectivity index (χ0n) is 12.7. The monoisotopic (exact) mass is 304 g/mol. The van der Waals surface area contributed by atoms with Gasteiger partial charge < -0.3 is 10.2 Å². The Hall–Kier alpha value is -2.43. The molecule has 1 amide bonds. The van der Waals surface area contributed by atoms with Crippen LogP contribution in [-0.4, -0.2) is 13.0 Å². The standard InChI is InChI=1S/C17H18F2N2O/c1-11(17-15(18)5-4-6-16(17)19)20-13-7-9-14(10-8-13)21(3)12(2)22/h4-11,20H,1-3H3. The van der Waals surface area contributed by atoms with E-state index in [0.717, 1.165) is 11.4 Å². The molecular formula is C17H18F2N2O. The molecule has 0 saturated carbocycles. The van der Waals surface area contributed by atoms with E-state index in [1.54, 1.807) is 38.2 Å². The van der Waals surface area contributed by atoms with Gasteiger partial charge in [-0.3, -0.25) is 4.79 Å². The summed E-state index contributed by atoms with van der Waals surface area (Å²) in [6.45, 7) is 3.17. The van der Waals surface area contributed by atoms with Crippen LogP contribution in [0.2, 0.25) is 0 Å². The van der Waals surface area contributed by atoms with Crippen LogP contribution in [0, 0.1) is 11.6 Å². The summed E-state index contributed by atoms with van der Waals surface area (Å²) in [5.41, 5.74) is 1.48. The molecule has 0 saturated heterocycles. The molecule has 2 aromatic carbocycles. The van der Waals surface area contributed by atoms with Crippen molar-refractivity contribution in [2.45, 2.75) is 19.9 Å². The lowest BCUT2D eigenvalue weighted by atomic mass is 10.1. The zero-order chi connectivity index (χ0) is 16.3. The van der Waals surface area contributed by atoms with Gasteiger partial charge >= 0.3 is 0 Å². The number of carbonyl (C=O) groups excluding carboxylic acids is 1. The van der Waals surface area contributed by atoms with Crippen molar-refractivity contribution in [1.29, 1.82) is 0 Å². The van der Waals surface area contributed by atoms with E-state index in [4.69, 9.17) is 0 Å². The van der Waals surface area contributed by atoms with E-state index in [-0.39, 0.29) is 11.5 Å². The average molecular weight is 304 g/mol. The van der Waals surface area contributed by atoms with Gasteiger partial charge in [0, 0.05) is 30.9 Å². The highest BCUT2D eigenvalue weighted by atomic mass is 19.1. The molecule has 3 nitrogen and oxygen atoms in total. The number of hydrogen-bond donors (Lipinski definition) is 1. The summed E-state index contributed by atoms with van der Waals surface area (Å²) >= 11 is 0. The minimum Gasteiger partial charge on any atom is -0.378 e. The summed E-state index contributed by atoms with van der Waals surface area (Å²) in [5.74, 6) is -1.22. The number of benzene rings is 2. The third kappa shape index (κ3) is 3.42. The van der Waals surface area contributed by atoms with Gasteiger partial charge in [-0.05, 0) is 43.3 Å². The van der Waals surface area contributed by atoms with Crippen LogP contribution in [0.3, 0.4) is 0 Å². The maximum atomic E-state index is 13.7. The van der Waals surface area contributed by atoms with Crippen molar-refractivity contribution < 1.29 is 13.6 Å². The Balaban J connectivity index is 2.15. The van der Waals surface area contributed by atoms with E-state index >= 15 is 0 Å². The smallest absolute Gasteiger partial charge is 0.223 e. The molecular weight excluding hydrogens is 286 g/mol. The molecule has 0 aliphatic heterocycles. The molecule has 0 heterocycles. The van der Waals surface area contributed by atoms with E-state index in [1.807, 2.05) is 0 Å². The number of halogens is 2. The minimum atomic E-state index is -0.576. The zero-order valence-corrected chi connectivity index (χ0v) is 12.7. The molecule has 1 unspecified atom stereocenters. The summed E-state index contributed by atoms with van der Waals surface area (Å²) < 4.78 is 27.5. The van der Waals surface area contributed by atoms with Crippen LogP contribution < -0.4 is 10.2 Å². The Morgan fingerprint density at radius 1 is 1.09 bits per heavy atom. The second kappa shape index (κ2) is 6.56. The topological polar surface area (TPSA) is 32.3 Å². The fourth-order valence-electron chi connectivity index (χ4n) is 2.21. The van der Waals surface area contributed by atoms with Gasteiger partial charge in [-0.2, -0.15) is 0 Å². The summed E-state index contributed by atoms with van der Waals surface area (Å²) in [7, 11) is 1.68. The van der Waals surface area contributed by atoms with E-state index in [2.05, 4.69) is 5.32 Å². The van der Waals surface area contributed by atoms with Gasteiger partial charge in [0.2, 0.25) is 5.91 Å². The number of hydrogen-bond acceptors (Lipinski definition) is 2. The molecule has 0 fully saturated rings. The molecule has 2 aromatic rings. The Labute approximate surface area is 128 Å². The Morgan fingerprint density at radius 3 is 2.14 bits per heavy atom. The lowest BCUT2D eigenvalue weighted by molar-refractivity contribution is -0.116. The van der Waals surface area contributed by atoms with Gasteiger partial charge in [0.05, 0.1) is 6.04 Å². The van der Waals surface area contributed by atoms with Crippen LogP contribution in [-0.2, 0) is 4.79 Å². The number of carbonyl (C=O) groups is 1. The molecule has 22 heavy (non-hydrogen) atoms. The molecule has 0 radical (unpaired) electrons. The number of amides is 1. The van der Waals surface area contributed by atoms with Crippen molar-refractivity contribution >= 4 is 17.3 Å². The Bertz CT molecular complexity index is 651. The van der Waals surface area contributed by atoms with Crippen LogP contribution in [0.15, 0.2) is 42.5 Å². The molecule has 2 rings (SSSR count). The first-order valence-corrected chi connectivity index (χ1v) is 6.95. The normalized spacial score (nSPS) is 11.9. The molecule has 0 bridgehead atoms. The first-order valence-electron chi connectivity index (χ1n) is 6.95. The fourth-order valence-corrected chi connectivity index (χ4v) is 2.21. The first-order chi connectivity index (χ1) is 10.4.